The maximum absolute atomic E-state index is 12.4. The lowest BCUT2D eigenvalue weighted by Gasteiger charge is -2.36. The quantitative estimate of drug-likeness (QED) is 0.732. The number of hydrogen-bond acceptors (Lipinski definition) is 5. The van der Waals surface area contributed by atoms with Crippen LogP contribution in [0.2, 0.25) is 0 Å². The lowest BCUT2D eigenvalue weighted by Crippen LogP contribution is -2.54. The largest absolute Gasteiger partial charge is 0.484 e. The van der Waals surface area contributed by atoms with E-state index in [-0.39, 0.29) is 18.4 Å². The van der Waals surface area contributed by atoms with Gasteiger partial charge in [-0.2, -0.15) is 0 Å². The van der Waals surface area contributed by atoms with Gasteiger partial charge in [0, 0.05) is 39.3 Å². The Hall–Kier alpha value is -2.12. The number of rotatable bonds is 6. The molecule has 0 unspecified atom stereocenters. The molecule has 2 saturated heterocycles. The highest BCUT2D eigenvalue weighted by Gasteiger charge is 2.25. The lowest BCUT2D eigenvalue weighted by molar-refractivity contribution is -0.141. The summed E-state index contributed by atoms with van der Waals surface area (Å²) in [6.45, 7) is 10.0. The zero-order valence-corrected chi connectivity index (χ0v) is 16.9. The minimum Gasteiger partial charge on any atom is -0.484 e. The monoisotopic (exact) mass is 389 g/mol. The van der Waals surface area contributed by atoms with Gasteiger partial charge in [0.2, 0.25) is 5.91 Å². The van der Waals surface area contributed by atoms with Crippen LogP contribution in [0.5, 0.6) is 5.75 Å². The van der Waals surface area contributed by atoms with Crippen LogP contribution in [0.15, 0.2) is 24.3 Å². The average Bonchev–Trinajstić information content (AvgIpc) is 2.73. The van der Waals surface area contributed by atoms with E-state index in [2.05, 4.69) is 18.7 Å². The highest BCUT2D eigenvalue weighted by atomic mass is 16.5. The number of carbonyl (C=O) groups excluding carboxylic acids is 2. The second kappa shape index (κ2) is 9.89. The van der Waals surface area contributed by atoms with Crippen molar-refractivity contribution in [2.24, 2.45) is 0 Å². The van der Waals surface area contributed by atoms with E-state index >= 15 is 0 Å². The molecule has 0 atom stereocenters. The van der Waals surface area contributed by atoms with Gasteiger partial charge in [-0.25, -0.2) is 0 Å². The minimum atomic E-state index is -0.0341. The van der Waals surface area contributed by atoms with Crippen molar-refractivity contribution >= 4 is 11.8 Å². The number of amides is 2. The molecular formula is C21H31N3O4. The first kappa shape index (κ1) is 20.6. The summed E-state index contributed by atoms with van der Waals surface area (Å²) >= 11 is 0. The first-order valence-corrected chi connectivity index (χ1v) is 10.1. The molecule has 28 heavy (non-hydrogen) atoms. The summed E-state index contributed by atoms with van der Waals surface area (Å²) < 4.78 is 11.0. The fourth-order valence-electron chi connectivity index (χ4n) is 3.44. The summed E-state index contributed by atoms with van der Waals surface area (Å²) in [6, 6.07) is 7.88. The Labute approximate surface area is 167 Å². The lowest BCUT2D eigenvalue weighted by atomic mass is 10.0. The SMILES string of the molecule is CC(C)c1ccc(OCC(=O)N2CCN(C(=O)CN3CCOCC3)CC2)cc1. The van der Waals surface area contributed by atoms with Gasteiger partial charge in [0.1, 0.15) is 5.75 Å². The van der Waals surface area contributed by atoms with E-state index in [1.54, 1.807) is 4.90 Å². The third kappa shape index (κ3) is 5.69. The highest BCUT2D eigenvalue weighted by Crippen LogP contribution is 2.18. The third-order valence-electron chi connectivity index (χ3n) is 5.36. The van der Waals surface area contributed by atoms with Gasteiger partial charge < -0.3 is 19.3 Å². The Morgan fingerprint density at radius 1 is 0.929 bits per heavy atom. The third-order valence-corrected chi connectivity index (χ3v) is 5.36. The highest BCUT2D eigenvalue weighted by molar-refractivity contribution is 5.80. The summed E-state index contributed by atoms with van der Waals surface area (Å²) in [5, 5.41) is 0. The molecule has 2 heterocycles. The normalized spacial score (nSPS) is 18.4. The number of benzene rings is 1. The molecule has 2 amide bonds. The van der Waals surface area contributed by atoms with E-state index < -0.39 is 0 Å². The van der Waals surface area contributed by atoms with Gasteiger partial charge in [0.05, 0.1) is 19.8 Å². The van der Waals surface area contributed by atoms with E-state index in [1.165, 1.54) is 5.56 Å². The Morgan fingerprint density at radius 3 is 2.07 bits per heavy atom. The predicted molar refractivity (Wildman–Crippen MR) is 106 cm³/mol. The molecule has 2 aliphatic heterocycles. The van der Waals surface area contributed by atoms with E-state index in [1.807, 2.05) is 29.2 Å². The molecule has 3 rings (SSSR count). The number of piperazine rings is 1. The summed E-state index contributed by atoms with van der Waals surface area (Å²) in [6.07, 6.45) is 0. The Bertz CT molecular complexity index is 648. The van der Waals surface area contributed by atoms with E-state index in [4.69, 9.17) is 9.47 Å². The molecule has 0 spiro atoms. The summed E-state index contributed by atoms with van der Waals surface area (Å²) in [5.74, 6) is 1.28. The van der Waals surface area contributed by atoms with Crippen LogP contribution >= 0.6 is 0 Å². The fourth-order valence-corrected chi connectivity index (χ4v) is 3.44. The molecule has 2 fully saturated rings. The fraction of sp³-hybridized carbons (Fsp3) is 0.619. The summed E-state index contributed by atoms with van der Waals surface area (Å²) in [5.41, 5.74) is 1.25. The van der Waals surface area contributed by atoms with Crippen molar-refractivity contribution in [3.05, 3.63) is 29.8 Å². The number of nitrogens with zero attached hydrogens (tertiary/aromatic N) is 3. The molecule has 0 bridgehead atoms. The van der Waals surface area contributed by atoms with Gasteiger partial charge in [-0.3, -0.25) is 14.5 Å². The molecule has 154 valence electrons. The number of morpholine rings is 1. The van der Waals surface area contributed by atoms with Crippen LogP contribution in [-0.2, 0) is 14.3 Å². The van der Waals surface area contributed by atoms with Gasteiger partial charge in [-0.15, -0.1) is 0 Å². The van der Waals surface area contributed by atoms with Crippen molar-refractivity contribution in [1.29, 1.82) is 0 Å². The maximum Gasteiger partial charge on any atom is 0.260 e. The molecule has 2 aliphatic rings. The molecule has 1 aromatic carbocycles. The Morgan fingerprint density at radius 2 is 1.50 bits per heavy atom. The minimum absolute atomic E-state index is 0.0305. The number of hydrogen-bond donors (Lipinski definition) is 0. The number of ether oxygens (including phenoxy) is 2. The standard InChI is InChI=1S/C21H31N3O4/c1-17(2)18-3-5-19(6-4-18)28-16-21(26)24-9-7-23(8-10-24)20(25)15-22-11-13-27-14-12-22/h3-6,17H,7-16H2,1-2H3. The van der Waals surface area contributed by atoms with Crippen molar-refractivity contribution in [2.45, 2.75) is 19.8 Å². The molecule has 0 saturated carbocycles. The van der Waals surface area contributed by atoms with Crippen LogP contribution in [0.3, 0.4) is 0 Å². The number of carbonyl (C=O) groups is 2. The van der Waals surface area contributed by atoms with E-state index in [9.17, 15) is 9.59 Å². The zero-order valence-electron chi connectivity index (χ0n) is 16.9. The average molecular weight is 389 g/mol. The predicted octanol–water partition coefficient (Wildman–Crippen LogP) is 1.19. The van der Waals surface area contributed by atoms with Crippen LogP contribution in [-0.4, -0.2) is 92.1 Å². The van der Waals surface area contributed by atoms with Crippen LogP contribution in [0.25, 0.3) is 0 Å². The zero-order chi connectivity index (χ0) is 19.9. The molecule has 7 heteroatoms. The molecular weight excluding hydrogens is 358 g/mol. The smallest absolute Gasteiger partial charge is 0.260 e. The molecule has 0 radical (unpaired) electrons. The van der Waals surface area contributed by atoms with E-state index in [0.29, 0.717) is 57.6 Å². The first-order chi connectivity index (χ1) is 13.5. The molecule has 0 aliphatic carbocycles. The van der Waals surface area contributed by atoms with Crippen molar-refractivity contribution in [1.82, 2.24) is 14.7 Å². The molecule has 0 N–H and O–H groups in total. The first-order valence-electron chi connectivity index (χ1n) is 10.1. The Kier molecular flexibility index (Phi) is 7.28. The van der Waals surface area contributed by atoms with Crippen molar-refractivity contribution < 1.29 is 19.1 Å². The van der Waals surface area contributed by atoms with Crippen molar-refractivity contribution in [2.75, 3.05) is 65.6 Å². The molecule has 1 aromatic rings. The topological polar surface area (TPSA) is 62.3 Å². The van der Waals surface area contributed by atoms with Crippen LogP contribution in [0.4, 0.5) is 0 Å². The van der Waals surface area contributed by atoms with Crippen LogP contribution in [0.1, 0.15) is 25.3 Å². The van der Waals surface area contributed by atoms with Crippen molar-refractivity contribution in [3.63, 3.8) is 0 Å². The van der Waals surface area contributed by atoms with Crippen LogP contribution < -0.4 is 4.74 Å². The maximum atomic E-state index is 12.4. The second-order valence-electron chi connectivity index (χ2n) is 7.66. The second-order valence-corrected chi connectivity index (χ2v) is 7.66. The van der Waals surface area contributed by atoms with Crippen LogP contribution in [0, 0.1) is 0 Å². The Balaban J connectivity index is 1.39. The van der Waals surface area contributed by atoms with E-state index in [0.717, 1.165) is 13.1 Å². The summed E-state index contributed by atoms with van der Waals surface area (Å²) in [7, 11) is 0. The van der Waals surface area contributed by atoms with Gasteiger partial charge >= 0.3 is 0 Å². The summed E-state index contributed by atoms with van der Waals surface area (Å²) in [4.78, 5) is 30.6. The van der Waals surface area contributed by atoms with Crippen molar-refractivity contribution in [3.8, 4) is 5.75 Å². The molecule has 0 aromatic heterocycles. The van der Waals surface area contributed by atoms with Gasteiger partial charge in [-0.05, 0) is 23.6 Å². The van der Waals surface area contributed by atoms with Gasteiger partial charge in [0.15, 0.2) is 6.61 Å². The molecule has 7 nitrogen and oxygen atoms in total. The van der Waals surface area contributed by atoms with Gasteiger partial charge in [0.25, 0.3) is 5.91 Å². The van der Waals surface area contributed by atoms with Gasteiger partial charge in [-0.1, -0.05) is 26.0 Å².